The summed E-state index contributed by atoms with van der Waals surface area (Å²) in [6.45, 7) is 13.9. The molecule has 0 spiro atoms. The van der Waals surface area contributed by atoms with Crippen LogP contribution < -0.4 is 10.7 Å². The number of rotatable bonds is 2. The fraction of sp³-hybridized carbons (Fsp3) is 0.462. The first kappa shape index (κ1) is 13.7. The Bertz CT molecular complexity index is 397. The Morgan fingerprint density at radius 2 is 1.93 bits per heavy atom. The molecule has 0 aliphatic rings. The van der Waals surface area contributed by atoms with Gasteiger partial charge in [0.05, 0.1) is 10.7 Å². The Kier molecular flexibility index (Phi) is 6.43. The van der Waals surface area contributed by atoms with Gasteiger partial charge in [-0.15, -0.1) is 0 Å². The summed E-state index contributed by atoms with van der Waals surface area (Å²) in [7, 11) is 0. The molecule has 15 heavy (non-hydrogen) atoms. The van der Waals surface area contributed by atoms with Gasteiger partial charge in [-0.3, -0.25) is 0 Å². The fourth-order valence-electron chi connectivity index (χ4n) is 1.16. The molecule has 1 rings (SSSR count). The summed E-state index contributed by atoms with van der Waals surface area (Å²) >= 11 is 0. The molecular formula is C13H22N2. The smallest absolute Gasteiger partial charge is 0.109 e. The van der Waals surface area contributed by atoms with E-state index in [1.807, 2.05) is 32.9 Å². The normalized spacial score (nSPS) is 12.7. The molecule has 0 saturated carbocycles. The van der Waals surface area contributed by atoms with Gasteiger partial charge >= 0.3 is 0 Å². The van der Waals surface area contributed by atoms with Gasteiger partial charge in [-0.05, 0) is 13.0 Å². The second-order valence-electron chi connectivity index (χ2n) is 3.27. The number of aromatic amines is 1. The number of nitrogens with zero attached hydrogens (tertiary/aromatic N) is 1. The maximum Gasteiger partial charge on any atom is 0.109 e. The summed E-state index contributed by atoms with van der Waals surface area (Å²) in [6.07, 6.45) is 5.70. The predicted octanol–water partition coefficient (Wildman–Crippen LogP) is 2.33. The molecule has 84 valence electrons. The van der Waals surface area contributed by atoms with Gasteiger partial charge in [0.25, 0.3) is 0 Å². The van der Waals surface area contributed by atoms with Crippen LogP contribution in [0.1, 0.15) is 46.4 Å². The average molecular weight is 206 g/mol. The largest absolute Gasteiger partial charge is 0.342 e. The van der Waals surface area contributed by atoms with Gasteiger partial charge in [0.1, 0.15) is 5.82 Å². The summed E-state index contributed by atoms with van der Waals surface area (Å²) in [4.78, 5) is 7.72. The van der Waals surface area contributed by atoms with E-state index in [-0.39, 0.29) is 0 Å². The molecule has 0 unspecified atom stereocenters. The van der Waals surface area contributed by atoms with Crippen LogP contribution in [0.3, 0.4) is 0 Å². The number of allylic oxidation sites excluding steroid dienone is 1. The maximum absolute atomic E-state index is 4.46. The highest BCUT2D eigenvalue weighted by Gasteiger charge is 2.01. The lowest BCUT2D eigenvalue weighted by atomic mass is 10.2. The second-order valence-corrected chi connectivity index (χ2v) is 3.27. The van der Waals surface area contributed by atoms with Gasteiger partial charge in [0, 0.05) is 5.92 Å². The van der Waals surface area contributed by atoms with Crippen molar-refractivity contribution < 1.29 is 0 Å². The van der Waals surface area contributed by atoms with Crippen LogP contribution in [-0.2, 0) is 0 Å². The topological polar surface area (TPSA) is 28.7 Å². The van der Waals surface area contributed by atoms with Gasteiger partial charge in [-0.1, -0.05) is 46.4 Å². The number of H-pyrrole nitrogens is 1. The lowest BCUT2D eigenvalue weighted by molar-refractivity contribution is 0.790. The highest BCUT2D eigenvalue weighted by molar-refractivity contribution is 5.34. The van der Waals surface area contributed by atoms with Crippen molar-refractivity contribution in [1.82, 2.24) is 9.97 Å². The van der Waals surface area contributed by atoms with Crippen LogP contribution in [0.5, 0.6) is 0 Å². The number of hydrogen-bond donors (Lipinski definition) is 1. The van der Waals surface area contributed by atoms with Crippen LogP contribution in [0.4, 0.5) is 0 Å². The number of aromatic nitrogens is 2. The van der Waals surface area contributed by atoms with Crippen molar-refractivity contribution in [3.8, 4) is 0 Å². The van der Waals surface area contributed by atoms with E-state index in [9.17, 15) is 0 Å². The van der Waals surface area contributed by atoms with Crippen molar-refractivity contribution in [2.45, 2.75) is 40.5 Å². The van der Waals surface area contributed by atoms with Crippen LogP contribution in [0, 0.1) is 0 Å². The Morgan fingerprint density at radius 3 is 2.33 bits per heavy atom. The summed E-state index contributed by atoms with van der Waals surface area (Å²) in [5.74, 6) is 1.46. The first-order valence-electron chi connectivity index (χ1n) is 5.54. The Labute approximate surface area is 92.4 Å². The van der Waals surface area contributed by atoms with Gasteiger partial charge in [0.2, 0.25) is 0 Å². The molecule has 1 aromatic heterocycles. The van der Waals surface area contributed by atoms with Crippen molar-refractivity contribution in [3.05, 3.63) is 29.2 Å². The van der Waals surface area contributed by atoms with E-state index in [2.05, 4.69) is 30.4 Å². The molecule has 0 atom stereocenters. The van der Waals surface area contributed by atoms with Gasteiger partial charge in [-0.25, -0.2) is 4.98 Å². The Hall–Kier alpha value is -1.31. The zero-order valence-corrected chi connectivity index (χ0v) is 10.5. The van der Waals surface area contributed by atoms with Crippen LogP contribution in [0.2, 0.25) is 0 Å². The molecule has 0 saturated heterocycles. The molecule has 1 N–H and O–H groups in total. The van der Waals surface area contributed by atoms with Crippen molar-refractivity contribution in [2.24, 2.45) is 0 Å². The van der Waals surface area contributed by atoms with Gasteiger partial charge < -0.3 is 4.98 Å². The molecule has 1 aromatic rings. The van der Waals surface area contributed by atoms with Crippen molar-refractivity contribution in [3.63, 3.8) is 0 Å². The molecule has 1 heterocycles. The fourth-order valence-corrected chi connectivity index (χ4v) is 1.16. The number of hydrogen-bond acceptors (Lipinski definition) is 1. The van der Waals surface area contributed by atoms with E-state index in [0.29, 0.717) is 5.92 Å². The lowest BCUT2D eigenvalue weighted by Gasteiger charge is -1.95. The minimum Gasteiger partial charge on any atom is -0.342 e. The molecule has 0 bridgehead atoms. The third kappa shape index (κ3) is 3.74. The van der Waals surface area contributed by atoms with E-state index in [4.69, 9.17) is 0 Å². The maximum atomic E-state index is 4.46. The van der Waals surface area contributed by atoms with Crippen LogP contribution in [-0.4, -0.2) is 9.97 Å². The van der Waals surface area contributed by atoms with Gasteiger partial charge in [0.15, 0.2) is 0 Å². The third-order valence-corrected chi connectivity index (χ3v) is 1.88. The SMILES string of the molecule is C=C/C=c1/[nH]c(C(C)C)n/c1=C/C.CC. The van der Waals surface area contributed by atoms with Crippen molar-refractivity contribution in [1.29, 1.82) is 0 Å². The Morgan fingerprint density at radius 1 is 1.33 bits per heavy atom. The summed E-state index contributed by atoms with van der Waals surface area (Å²) in [6, 6.07) is 0. The van der Waals surface area contributed by atoms with Crippen molar-refractivity contribution in [2.75, 3.05) is 0 Å². The van der Waals surface area contributed by atoms with E-state index < -0.39 is 0 Å². The number of nitrogens with one attached hydrogen (secondary N) is 1. The Balaban J connectivity index is 0.000000921. The van der Waals surface area contributed by atoms with Crippen molar-refractivity contribution >= 4 is 12.2 Å². The molecule has 0 amide bonds. The standard InChI is InChI=1S/C11H16N2.C2H6/c1-5-7-10-9(6-2)12-11(13-10)8(3)4;1-2/h5-8H,1H2,2-4H3,(H,12,13);1-2H3/b9-6+,10-7+;. The molecule has 0 aliphatic heterocycles. The molecule has 2 nitrogen and oxygen atoms in total. The highest BCUT2D eigenvalue weighted by Crippen LogP contribution is 2.03. The zero-order valence-electron chi connectivity index (χ0n) is 10.5. The number of imidazole rings is 1. The lowest BCUT2D eigenvalue weighted by Crippen LogP contribution is -2.23. The quantitative estimate of drug-likeness (QED) is 0.790. The summed E-state index contributed by atoms with van der Waals surface area (Å²) in [5.41, 5.74) is 0. The third-order valence-electron chi connectivity index (χ3n) is 1.88. The first-order chi connectivity index (χ1) is 7.19. The monoisotopic (exact) mass is 206 g/mol. The summed E-state index contributed by atoms with van der Waals surface area (Å²) < 4.78 is 0. The molecule has 0 fully saturated rings. The van der Waals surface area contributed by atoms with Crippen LogP contribution >= 0.6 is 0 Å². The minimum absolute atomic E-state index is 0.436. The first-order valence-corrected chi connectivity index (χ1v) is 5.54. The molecule has 0 aromatic carbocycles. The van der Waals surface area contributed by atoms with Crippen LogP contribution in [0.15, 0.2) is 12.7 Å². The highest BCUT2D eigenvalue weighted by atomic mass is 14.9. The van der Waals surface area contributed by atoms with E-state index in [0.717, 1.165) is 16.5 Å². The molecular weight excluding hydrogens is 184 g/mol. The van der Waals surface area contributed by atoms with Crippen LogP contribution in [0.25, 0.3) is 12.2 Å². The van der Waals surface area contributed by atoms with E-state index >= 15 is 0 Å². The molecule has 2 heteroatoms. The summed E-state index contributed by atoms with van der Waals surface area (Å²) in [5, 5.41) is 2.05. The second kappa shape index (κ2) is 7.04. The minimum atomic E-state index is 0.436. The molecule has 0 radical (unpaired) electrons. The zero-order chi connectivity index (χ0) is 11.8. The van der Waals surface area contributed by atoms with E-state index in [1.54, 1.807) is 6.08 Å². The average Bonchev–Trinajstić information content (AvgIpc) is 2.65. The predicted molar refractivity (Wildman–Crippen MR) is 68.1 cm³/mol. The molecule has 0 aliphatic carbocycles. The van der Waals surface area contributed by atoms with E-state index in [1.165, 1.54) is 0 Å². The van der Waals surface area contributed by atoms with Gasteiger partial charge in [-0.2, -0.15) is 0 Å².